The Hall–Kier alpha value is -2.09. The Balaban J connectivity index is 1.86. The van der Waals surface area contributed by atoms with E-state index >= 15 is 0 Å². The van der Waals surface area contributed by atoms with E-state index in [4.69, 9.17) is 0 Å². The molecule has 1 atom stereocenters. The van der Waals surface area contributed by atoms with Gasteiger partial charge in [-0.15, -0.1) is 0 Å². The first kappa shape index (κ1) is 13.9. The molecule has 2 aromatic rings. The van der Waals surface area contributed by atoms with Crippen molar-refractivity contribution in [2.24, 2.45) is 0 Å². The molecular weight excluding hydrogens is 258 g/mol. The van der Waals surface area contributed by atoms with Gasteiger partial charge in [0.1, 0.15) is 0 Å². The van der Waals surface area contributed by atoms with Crippen molar-refractivity contribution in [3.63, 3.8) is 0 Å². The summed E-state index contributed by atoms with van der Waals surface area (Å²) in [5.41, 5.74) is 3.78. The standard InChI is InChI=1S/C19H21NO/c1-15(21)20-14-19(2,17-10-6-7-11-18(17)20)13-12-16-8-4-3-5-9-16/h3-11H,12-14H2,1-2H3. The predicted molar refractivity (Wildman–Crippen MR) is 86.6 cm³/mol. The summed E-state index contributed by atoms with van der Waals surface area (Å²) < 4.78 is 0. The van der Waals surface area contributed by atoms with Crippen molar-refractivity contribution < 1.29 is 4.79 Å². The number of anilines is 1. The normalized spacial score (nSPS) is 20.4. The molecule has 3 rings (SSSR count). The van der Waals surface area contributed by atoms with Crippen LogP contribution in [0.15, 0.2) is 54.6 Å². The Morgan fingerprint density at radius 2 is 1.76 bits per heavy atom. The van der Waals surface area contributed by atoms with Gasteiger partial charge in [-0.05, 0) is 30.0 Å². The number of aryl methyl sites for hydroxylation is 1. The van der Waals surface area contributed by atoms with Gasteiger partial charge in [-0.3, -0.25) is 4.79 Å². The predicted octanol–water partition coefficient (Wildman–Crippen LogP) is 3.94. The Morgan fingerprint density at radius 1 is 1.10 bits per heavy atom. The zero-order valence-corrected chi connectivity index (χ0v) is 12.7. The zero-order chi connectivity index (χ0) is 14.9. The monoisotopic (exact) mass is 279 g/mol. The molecule has 0 aromatic heterocycles. The second-order valence-corrected chi connectivity index (χ2v) is 6.17. The van der Waals surface area contributed by atoms with Crippen LogP contribution >= 0.6 is 0 Å². The van der Waals surface area contributed by atoms with Crippen LogP contribution in [0.25, 0.3) is 0 Å². The van der Waals surface area contributed by atoms with Crippen molar-refractivity contribution in [2.75, 3.05) is 11.4 Å². The van der Waals surface area contributed by atoms with Gasteiger partial charge >= 0.3 is 0 Å². The molecule has 1 unspecified atom stereocenters. The maximum atomic E-state index is 11.9. The number of fused-ring (bicyclic) bond motifs is 1. The van der Waals surface area contributed by atoms with Crippen LogP contribution in [0.1, 0.15) is 31.4 Å². The van der Waals surface area contributed by atoms with Crippen molar-refractivity contribution in [1.82, 2.24) is 0 Å². The van der Waals surface area contributed by atoms with Gasteiger partial charge in [0, 0.05) is 24.6 Å². The van der Waals surface area contributed by atoms with Crippen molar-refractivity contribution >= 4 is 11.6 Å². The lowest BCUT2D eigenvalue weighted by Gasteiger charge is -2.25. The third kappa shape index (κ3) is 2.58. The lowest BCUT2D eigenvalue weighted by molar-refractivity contribution is -0.116. The highest BCUT2D eigenvalue weighted by Gasteiger charge is 2.39. The molecule has 0 spiro atoms. The average molecular weight is 279 g/mol. The lowest BCUT2D eigenvalue weighted by atomic mass is 9.79. The van der Waals surface area contributed by atoms with Crippen LogP contribution in [0.2, 0.25) is 0 Å². The highest BCUT2D eigenvalue weighted by Crippen LogP contribution is 2.43. The first-order chi connectivity index (χ1) is 10.1. The minimum Gasteiger partial charge on any atom is -0.311 e. The first-order valence-electron chi connectivity index (χ1n) is 7.52. The molecule has 0 saturated carbocycles. The first-order valence-corrected chi connectivity index (χ1v) is 7.52. The van der Waals surface area contributed by atoms with E-state index in [0.717, 1.165) is 25.1 Å². The van der Waals surface area contributed by atoms with Crippen LogP contribution in [0.3, 0.4) is 0 Å². The van der Waals surface area contributed by atoms with Crippen LogP contribution in [0, 0.1) is 0 Å². The number of para-hydroxylation sites is 1. The minimum absolute atomic E-state index is 0.0398. The molecule has 1 aliphatic heterocycles. The van der Waals surface area contributed by atoms with E-state index < -0.39 is 0 Å². The van der Waals surface area contributed by atoms with E-state index in [2.05, 4.69) is 49.4 Å². The molecular formula is C19H21NO. The van der Waals surface area contributed by atoms with Crippen LogP contribution < -0.4 is 4.90 Å². The molecule has 1 heterocycles. The largest absolute Gasteiger partial charge is 0.311 e. The number of hydrogen-bond acceptors (Lipinski definition) is 1. The summed E-state index contributed by atoms with van der Waals surface area (Å²) in [6.07, 6.45) is 2.09. The van der Waals surface area contributed by atoms with Crippen molar-refractivity contribution in [1.29, 1.82) is 0 Å². The number of carbonyl (C=O) groups is 1. The number of nitrogens with zero attached hydrogens (tertiary/aromatic N) is 1. The van der Waals surface area contributed by atoms with Gasteiger partial charge in [-0.2, -0.15) is 0 Å². The topological polar surface area (TPSA) is 20.3 Å². The van der Waals surface area contributed by atoms with E-state index in [1.807, 2.05) is 17.0 Å². The molecule has 108 valence electrons. The van der Waals surface area contributed by atoms with Crippen LogP contribution in [-0.2, 0) is 16.6 Å². The Kier molecular flexibility index (Phi) is 3.54. The average Bonchev–Trinajstić information content (AvgIpc) is 2.81. The summed E-state index contributed by atoms with van der Waals surface area (Å²) >= 11 is 0. The highest BCUT2D eigenvalue weighted by molar-refractivity contribution is 5.94. The number of rotatable bonds is 3. The quantitative estimate of drug-likeness (QED) is 0.833. The van der Waals surface area contributed by atoms with Gasteiger partial charge in [0.2, 0.25) is 5.91 Å². The van der Waals surface area contributed by atoms with E-state index in [-0.39, 0.29) is 11.3 Å². The zero-order valence-electron chi connectivity index (χ0n) is 12.7. The summed E-state index contributed by atoms with van der Waals surface area (Å²) in [5, 5.41) is 0. The third-order valence-corrected chi connectivity index (χ3v) is 4.54. The molecule has 2 heteroatoms. The van der Waals surface area contributed by atoms with Crippen molar-refractivity contribution in [3.05, 3.63) is 65.7 Å². The smallest absolute Gasteiger partial charge is 0.223 e. The third-order valence-electron chi connectivity index (χ3n) is 4.54. The second-order valence-electron chi connectivity index (χ2n) is 6.17. The molecule has 0 fully saturated rings. The molecule has 2 aromatic carbocycles. The minimum atomic E-state index is 0.0398. The molecule has 21 heavy (non-hydrogen) atoms. The summed E-state index contributed by atoms with van der Waals surface area (Å²) in [4.78, 5) is 13.8. The van der Waals surface area contributed by atoms with E-state index in [9.17, 15) is 4.79 Å². The van der Waals surface area contributed by atoms with Crippen LogP contribution in [-0.4, -0.2) is 12.5 Å². The van der Waals surface area contributed by atoms with Gasteiger partial charge in [-0.1, -0.05) is 55.5 Å². The number of benzene rings is 2. The fourth-order valence-corrected chi connectivity index (χ4v) is 3.30. The highest BCUT2D eigenvalue weighted by atomic mass is 16.2. The van der Waals surface area contributed by atoms with E-state index in [0.29, 0.717) is 0 Å². The second kappa shape index (κ2) is 5.36. The Morgan fingerprint density at radius 3 is 2.48 bits per heavy atom. The van der Waals surface area contributed by atoms with Gasteiger partial charge in [0.15, 0.2) is 0 Å². The molecule has 0 bridgehead atoms. The molecule has 2 nitrogen and oxygen atoms in total. The summed E-state index contributed by atoms with van der Waals surface area (Å²) in [6, 6.07) is 18.9. The number of amides is 1. The van der Waals surface area contributed by atoms with E-state index in [1.54, 1.807) is 6.92 Å². The Bertz CT molecular complexity index is 650. The number of carbonyl (C=O) groups excluding carboxylic acids is 1. The molecule has 1 amide bonds. The fraction of sp³-hybridized carbons (Fsp3) is 0.316. The molecule has 0 N–H and O–H groups in total. The Labute approximate surface area is 126 Å². The van der Waals surface area contributed by atoms with Gasteiger partial charge < -0.3 is 4.90 Å². The van der Waals surface area contributed by atoms with Gasteiger partial charge in [0.05, 0.1) is 0 Å². The van der Waals surface area contributed by atoms with Crippen molar-refractivity contribution in [3.8, 4) is 0 Å². The summed E-state index contributed by atoms with van der Waals surface area (Å²) in [6.45, 7) is 4.71. The summed E-state index contributed by atoms with van der Waals surface area (Å²) in [5.74, 6) is 0.130. The van der Waals surface area contributed by atoms with Gasteiger partial charge in [0.25, 0.3) is 0 Å². The number of hydrogen-bond donors (Lipinski definition) is 0. The molecule has 0 aliphatic carbocycles. The lowest BCUT2D eigenvalue weighted by Crippen LogP contribution is -2.34. The molecule has 0 radical (unpaired) electrons. The van der Waals surface area contributed by atoms with Crippen LogP contribution in [0.4, 0.5) is 5.69 Å². The summed E-state index contributed by atoms with van der Waals surface area (Å²) in [7, 11) is 0. The maximum Gasteiger partial charge on any atom is 0.223 e. The van der Waals surface area contributed by atoms with Crippen LogP contribution in [0.5, 0.6) is 0 Å². The van der Waals surface area contributed by atoms with Gasteiger partial charge in [-0.25, -0.2) is 0 Å². The van der Waals surface area contributed by atoms with E-state index in [1.165, 1.54) is 11.1 Å². The fourth-order valence-electron chi connectivity index (χ4n) is 3.30. The maximum absolute atomic E-state index is 11.9. The van der Waals surface area contributed by atoms with Crippen molar-refractivity contribution in [2.45, 2.75) is 32.1 Å². The molecule has 0 saturated heterocycles. The SMILES string of the molecule is CC(=O)N1CC(C)(CCc2ccccc2)c2ccccc21. The molecule has 1 aliphatic rings.